The van der Waals surface area contributed by atoms with Gasteiger partial charge in [0.2, 0.25) is 0 Å². The number of rotatable bonds is 10. The number of esters is 3. The molecule has 1 saturated heterocycles. The topological polar surface area (TPSA) is 180 Å². The Morgan fingerprint density at radius 2 is 1.60 bits per heavy atom. The summed E-state index contributed by atoms with van der Waals surface area (Å²) in [6.07, 6.45) is -7.34. The van der Waals surface area contributed by atoms with E-state index in [2.05, 4.69) is 4.90 Å². The molecule has 1 aromatic carbocycles. The molecule has 6 fully saturated rings. The van der Waals surface area contributed by atoms with Crippen LogP contribution >= 0.6 is 0 Å². The van der Waals surface area contributed by atoms with Crippen LogP contribution in [0, 0.1) is 28.6 Å². The SMILES string of the molecule is CCN1CC2(COC)C(OC(C)=O)CC(OC)C34C1C(C(OC)C23)C1(OC(C)=O)C(O)C(OC)C2(O)CC4(O)C1C2OC(=O)c1ccccc1. The summed E-state index contributed by atoms with van der Waals surface area (Å²) in [5.41, 5.74) is -8.33. The number of likely N-dealkylation sites (tertiary alicyclic amines) is 1. The number of ether oxygens (including phenoxy) is 7. The minimum Gasteiger partial charge on any atom is -0.462 e. The molecule has 276 valence electrons. The van der Waals surface area contributed by atoms with E-state index in [-0.39, 0.29) is 18.6 Å². The van der Waals surface area contributed by atoms with E-state index in [0.29, 0.717) is 13.1 Å². The Morgan fingerprint density at radius 3 is 2.16 bits per heavy atom. The van der Waals surface area contributed by atoms with Crippen LogP contribution < -0.4 is 0 Å². The highest BCUT2D eigenvalue weighted by Gasteiger charge is 2.96. The van der Waals surface area contributed by atoms with Crippen LogP contribution in [0.3, 0.4) is 0 Å². The summed E-state index contributed by atoms with van der Waals surface area (Å²) >= 11 is 0. The number of hydrogen-bond acceptors (Lipinski definition) is 14. The van der Waals surface area contributed by atoms with Crippen molar-refractivity contribution in [3.05, 3.63) is 35.9 Å². The lowest BCUT2D eigenvalue weighted by molar-refractivity contribution is -0.355. The fourth-order valence-corrected chi connectivity index (χ4v) is 12.7. The molecule has 7 bridgehead atoms. The Morgan fingerprint density at radius 1 is 0.900 bits per heavy atom. The highest BCUT2D eigenvalue weighted by molar-refractivity contribution is 5.89. The van der Waals surface area contributed by atoms with Gasteiger partial charge in [0.1, 0.15) is 30.0 Å². The predicted molar refractivity (Wildman–Crippen MR) is 171 cm³/mol. The molecule has 15 unspecified atom stereocenters. The van der Waals surface area contributed by atoms with Gasteiger partial charge in [-0.3, -0.25) is 14.5 Å². The Kier molecular flexibility index (Phi) is 8.51. The number of benzene rings is 1. The highest BCUT2D eigenvalue weighted by Crippen LogP contribution is 2.82. The predicted octanol–water partition coefficient (Wildman–Crippen LogP) is 0.334. The number of carbonyl (C=O) groups is 3. The minimum absolute atomic E-state index is 0.102. The summed E-state index contributed by atoms with van der Waals surface area (Å²) in [7, 11) is 5.93. The molecule has 5 aliphatic carbocycles. The number of carbonyl (C=O) groups excluding carboxylic acids is 3. The standard InChI is InChI=1S/C36H49NO13/c1-8-37-16-32(17-44-4)21(48-18(2)38)14-22(45-5)35-25(32)24(46-6)23(27(35)37)36(50-19(3)39)26-29(49-31(41)20-12-10-9-11-13-20)33(42,15-34(26,35)43)30(47-7)28(36)40/h9-13,21-30,40,42-43H,8,14-17H2,1-7H3. The summed E-state index contributed by atoms with van der Waals surface area (Å²) in [4.78, 5) is 42.1. The van der Waals surface area contributed by atoms with E-state index < -0.39 is 112 Å². The number of aliphatic hydroxyl groups excluding tert-OH is 1. The molecule has 1 heterocycles. The molecule has 1 aliphatic heterocycles. The maximum Gasteiger partial charge on any atom is 0.338 e. The lowest BCUT2D eigenvalue weighted by Gasteiger charge is -2.72. The molecule has 1 aromatic rings. The smallest absolute Gasteiger partial charge is 0.338 e. The van der Waals surface area contributed by atoms with Gasteiger partial charge in [0, 0.05) is 90.4 Å². The van der Waals surface area contributed by atoms with E-state index in [9.17, 15) is 29.7 Å². The molecule has 0 amide bonds. The lowest BCUT2D eigenvalue weighted by atomic mass is 9.40. The molecule has 1 spiro atoms. The molecular weight excluding hydrogens is 654 g/mol. The summed E-state index contributed by atoms with van der Waals surface area (Å²) in [5, 5.41) is 39.4. The van der Waals surface area contributed by atoms with E-state index in [4.69, 9.17) is 33.2 Å². The maximum atomic E-state index is 14.0. The van der Waals surface area contributed by atoms with Crippen molar-refractivity contribution < 1.29 is 62.9 Å². The zero-order valence-corrected chi connectivity index (χ0v) is 29.6. The van der Waals surface area contributed by atoms with Gasteiger partial charge in [-0.05, 0) is 18.7 Å². The first-order valence-corrected chi connectivity index (χ1v) is 17.3. The van der Waals surface area contributed by atoms with Crippen molar-refractivity contribution in [2.45, 2.75) is 93.1 Å². The number of piperidine rings is 1. The van der Waals surface area contributed by atoms with Crippen LogP contribution in [0.5, 0.6) is 0 Å². The average Bonchev–Trinajstić information content (AvgIpc) is 3.42. The van der Waals surface area contributed by atoms with Gasteiger partial charge < -0.3 is 48.5 Å². The third-order valence-corrected chi connectivity index (χ3v) is 13.5. The van der Waals surface area contributed by atoms with Gasteiger partial charge in [-0.25, -0.2) is 4.79 Å². The molecule has 6 aliphatic rings. The van der Waals surface area contributed by atoms with Gasteiger partial charge in [0.05, 0.1) is 35.9 Å². The molecule has 14 heteroatoms. The maximum absolute atomic E-state index is 14.0. The number of fused-ring (bicyclic) bond motifs is 2. The summed E-state index contributed by atoms with van der Waals surface area (Å²) < 4.78 is 43.4. The number of methoxy groups -OCH3 is 4. The van der Waals surface area contributed by atoms with Crippen molar-refractivity contribution in [2.75, 3.05) is 48.1 Å². The van der Waals surface area contributed by atoms with Crippen molar-refractivity contribution >= 4 is 17.9 Å². The fraction of sp³-hybridized carbons (Fsp3) is 0.750. The van der Waals surface area contributed by atoms with E-state index in [1.54, 1.807) is 37.4 Å². The minimum atomic E-state index is -2.15. The van der Waals surface area contributed by atoms with Crippen LogP contribution in [-0.4, -0.2) is 146 Å². The third kappa shape index (κ3) is 4.04. The Labute approximate surface area is 291 Å². The molecule has 14 nitrogen and oxygen atoms in total. The van der Waals surface area contributed by atoms with Crippen molar-refractivity contribution in [1.29, 1.82) is 0 Å². The summed E-state index contributed by atoms with van der Waals surface area (Å²) in [6, 6.07) is 7.58. The third-order valence-electron chi connectivity index (χ3n) is 13.5. The molecule has 0 radical (unpaired) electrons. The van der Waals surface area contributed by atoms with Crippen LogP contribution in [0.25, 0.3) is 0 Å². The molecule has 5 saturated carbocycles. The van der Waals surface area contributed by atoms with Crippen LogP contribution in [0.15, 0.2) is 30.3 Å². The van der Waals surface area contributed by atoms with Crippen molar-refractivity contribution in [2.24, 2.45) is 28.6 Å². The summed E-state index contributed by atoms with van der Waals surface area (Å²) in [6.45, 7) is 5.42. The van der Waals surface area contributed by atoms with Gasteiger partial charge >= 0.3 is 17.9 Å². The van der Waals surface area contributed by atoms with Gasteiger partial charge in [-0.1, -0.05) is 25.1 Å². The van der Waals surface area contributed by atoms with Crippen molar-refractivity contribution in [1.82, 2.24) is 4.90 Å². The van der Waals surface area contributed by atoms with Crippen molar-refractivity contribution in [3.63, 3.8) is 0 Å². The zero-order chi connectivity index (χ0) is 36.2. The highest BCUT2D eigenvalue weighted by atomic mass is 16.6. The Hall–Kier alpha value is -2.69. The monoisotopic (exact) mass is 703 g/mol. The second-order valence-corrected chi connectivity index (χ2v) is 15.2. The molecule has 50 heavy (non-hydrogen) atoms. The first-order chi connectivity index (χ1) is 23.7. The second kappa shape index (κ2) is 11.9. The van der Waals surface area contributed by atoms with Gasteiger partial charge in [0.15, 0.2) is 5.60 Å². The normalized spacial score (nSPS) is 48.2. The Balaban J connectivity index is 1.57. The molecule has 3 N–H and O–H groups in total. The van der Waals surface area contributed by atoms with Crippen LogP contribution in [0.2, 0.25) is 0 Å². The van der Waals surface area contributed by atoms with Gasteiger partial charge in [-0.15, -0.1) is 0 Å². The number of aliphatic hydroxyl groups is 3. The second-order valence-electron chi connectivity index (χ2n) is 15.2. The molecule has 15 atom stereocenters. The van der Waals surface area contributed by atoms with E-state index >= 15 is 0 Å². The molecular formula is C36H49NO13. The van der Waals surface area contributed by atoms with Crippen LogP contribution in [-0.2, 0) is 42.7 Å². The van der Waals surface area contributed by atoms with Crippen molar-refractivity contribution in [3.8, 4) is 0 Å². The van der Waals surface area contributed by atoms with Crippen LogP contribution in [0.1, 0.15) is 44.0 Å². The molecule has 0 aromatic heterocycles. The summed E-state index contributed by atoms with van der Waals surface area (Å²) in [5.74, 6) is -4.97. The first-order valence-electron chi connectivity index (χ1n) is 17.3. The zero-order valence-electron chi connectivity index (χ0n) is 29.6. The van der Waals surface area contributed by atoms with Gasteiger partial charge in [0.25, 0.3) is 0 Å². The van der Waals surface area contributed by atoms with E-state index in [1.165, 1.54) is 35.2 Å². The number of nitrogens with zero attached hydrogens (tertiary/aromatic N) is 1. The van der Waals surface area contributed by atoms with Gasteiger partial charge in [-0.2, -0.15) is 0 Å². The Bertz CT molecular complexity index is 1530. The average molecular weight is 704 g/mol. The fourth-order valence-electron chi connectivity index (χ4n) is 12.7. The van der Waals surface area contributed by atoms with E-state index in [0.717, 1.165) is 0 Å². The first kappa shape index (κ1) is 35.7. The quantitative estimate of drug-likeness (QED) is 0.224. The van der Waals surface area contributed by atoms with Crippen LogP contribution in [0.4, 0.5) is 0 Å². The lowest BCUT2D eigenvalue weighted by Crippen LogP contribution is -2.86. The largest absolute Gasteiger partial charge is 0.462 e. The van der Waals surface area contributed by atoms with E-state index in [1.807, 2.05) is 6.92 Å². The number of hydrogen-bond donors (Lipinski definition) is 3. The molecule has 7 rings (SSSR count).